The second-order valence-electron chi connectivity index (χ2n) is 6.00. The summed E-state index contributed by atoms with van der Waals surface area (Å²) in [7, 11) is 0. The number of carbonyl (C=O) groups excluding carboxylic acids is 1. The summed E-state index contributed by atoms with van der Waals surface area (Å²) in [4.78, 5) is 16.4. The normalized spacial score (nSPS) is 25.7. The van der Waals surface area contributed by atoms with Gasteiger partial charge in [-0.05, 0) is 18.8 Å². The molecule has 1 aliphatic heterocycles. The van der Waals surface area contributed by atoms with Gasteiger partial charge in [0.05, 0.1) is 0 Å². The third-order valence-corrected chi connectivity index (χ3v) is 4.06. The van der Waals surface area contributed by atoms with Crippen molar-refractivity contribution in [1.29, 1.82) is 0 Å². The van der Waals surface area contributed by atoms with Crippen LogP contribution in [0.5, 0.6) is 0 Å². The highest BCUT2D eigenvalue weighted by molar-refractivity contribution is 5.79. The molecule has 3 heteroatoms. The topological polar surface area (TPSA) is 23.6 Å². The van der Waals surface area contributed by atoms with Gasteiger partial charge in [-0.1, -0.05) is 13.8 Å². The number of hydrogen-bond donors (Lipinski definition) is 0. The summed E-state index contributed by atoms with van der Waals surface area (Å²) in [6.45, 7) is 10.6. The molecule has 0 spiro atoms. The summed E-state index contributed by atoms with van der Waals surface area (Å²) in [6.07, 6.45) is 3.83. The lowest BCUT2D eigenvalue weighted by Gasteiger charge is -2.41. The van der Waals surface area contributed by atoms with Gasteiger partial charge >= 0.3 is 0 Å². The molecule has 0 bridgehead atoms. The van der Waals surface area contributed by atoms with Crippen molar-refractivity contribution in [2.75, 3.05) is 32.7 Å². The van der Waals surface area contributed by atoms with Crippen molar-refractivity contribution in [2.24, 2.45) is 5.92 Å². The van der Waals surface area contributed by atoms with E-state index in [4.69, 9.17) is 0 Å². The van der Waals surface area contributed by atoms with Crippen LogP contribution in [-0.2, 0) is 4.79 Å². The predicted molar refractivity (Wildman–Crippen MR) is 70.1 cm³/mol. The monoisotopic (exact) mass is 238 g/mol. The number of Topliss-reactive ketones (excluding diaryl/α,β-unsaturated/α-hetero) is 1. The van der Waals surface area contributed by atoms with Crippen LogP contribution in [0.2, 0.25) is 0 Å². The Labute approximate surface area is 105 Å². The molecule has 0 atom stereocenters. The first-order valence-corrected chi connectivity index (χ1v) is 7.13. The van der Waals surface area contributed by atoms with Gasteiger partial charge in [-0.15, -0.1) is 0 Å². The van der Waals surface area contributed by atoms with E-state index in [2.05, 4.69) is 23.6 Å². The van der Waals surface area contributed by atoms with Crippen LogP contribution in [-0.4, -0.2) is 54.3 Å². The zero-order valence-corrected chi connectivity index (χ0v) is 11.3. The van der Waals surface area contributed by atoms with E-state index < -0.39 is 0 Å². The van der Waals surface area contributed by atoms with Crippen molar-refractivity contribution >= 4 is 5.78 Å². The van der Waals surface area contributed by atoms with E-state index in [1.54, 1.807) is 0 Å². The van der Waals surface area contributed by atoms with Crippen molar-refractivity contribution < 1.29 is 4.79 Å². The molecule has 1 aliphatic carbocycles. The van der Waals surface area contributed by atoms with Gasteiger partial charge < -0.3 is 4.90 Å². The fourth-order valence-corrected chi connectivity index (χ4v) is 3.12. The molecule has 1 saturated carbocycles. The minimum atomic E-state index is 0.472. The fraction of sp³-hybridized carbons (Fsp3) is 0.929. The highest BCUT2D eigenvalue weighted by Gasteiger charge is 2.27. The smallest absolute Gasteiger partial charge is 0.133 e. The number of hydrogen-bond acceptors (Lipinski definition) is 3. The molecule has 0 amide bonds. The average Bonchev–Trinajstić information content (AvgIpc) is 2.30. The maximum absolute atomic E-state index is 11.2. The lowest BCUT2D eigenvalue weighted by Crippen LogP contribution is -2.51. The largest absolute Gasteiger partial charge is 0.301 e. The first kappa shape index (κ1) is 13.0. The third-order valence-electron chi connectivity index (χ3n) is 4.06. The van der Waals surface area contributed by atoms with Gasteiger partial charge in [-0.25, -0.2) is 0 Å². The maximum atomic E-state index is 11.2. The van der Waals surface area contributed by atoms with Gasteiger partial charge in [-0.3, -0.25) is 9.69 Å². The zero-order valence-electron chi connectivity index (χ0n) is 11.3. The molecule has 2 aliphatic rings. The lowest BCUT2D eigenvalue weighted by molar-refractivity contribution is -0.121. The SMILES string of the molecule is CC(C)CN1CCN(C2CCC(=O)CC2)CC1. The summed E-state index contributed by atoms with van der Waals surface area (Å²) in [6, 6.07) is 0.689. The van der Waals surface area contributed by atoms with Crippen LogP contribution in [0.3, 0.4) is 0 Å². The summed E-state index contributed by atoms with van der Waals surface area (Å²) >= 11 is 0. The van der Waals surface area contributed by atoms with Crippen molar-refractivity contribution in [3.05, 3.63) is 0 Å². The van der Waals surface area contributed by atoms with Gasteiger partial charge in [0.2, 0.25) is 0 Å². The lowest BCUT2D eigenvalue weighted by atomic mass is 9.93. The molecule has 0 aromatic heterocycles. The molecule has 2 rings (SSSR count). The molecule has 0 unspecified atom stereocenters. The van der Waals surface area contributed by atoms with Crippen LogP contribution in [0.4, 0.5) is 0 Å². The molecule has 0 radical (unpaired) electrons. The Morgan fingerprint density at radius 3 is 2.24 bits per heavy atom. The first-order chi connectivity index (χ1) is 8.15. The number of carbonyl (C=O) groups is 1. The molecule has 3 nitrogen and oxygen atoms in total. The number of nitrogens with zero attached hydrogens (tertiary/aromatic N) is 2. The van der Waals surface area contributed by atoms with Crippen molar-refractivity contribution in [3.8, 4) is 0 Å². The summed E-state index contributed by atoms with van der Waals surface area (Å²) < 4.78 is 0. The first-order valence-electron chi connectivity index (χ1n) is 7.13. The van der Waals surface area contributed by atoms with Crippen LogP contribution in [0.15, 0.2) is 0 Å². The fourth-order valence-electron chi connectivity index (χ4n) is 3.12. The number of rotatable bonds is 3. The second kappa shape index (κ2) is 5.96. The van der Waals surface area contributed by atoms with E-state index in [0.29, 0.717) is 11.8 Å². The molecule has 98 valence electrons. The minimum Gasteiger partial charge on any atom is -0.301 e. The van der Waals surface area contributed by atoms with E-state index in [-0.39, 0.29) is 0 Å². The molecule has 0 N–H and O–H groups in total. The van der Waals surface area contributed by atoms with Gasteiger partial charge in [0.25, 0.3) is 0 Å². The van der Waals surface area contributed by atoms with Crippen LogP contribution in [0.25, 0.3) is 0 Å². The molecule has 0 aromatic rings. The molecule has 0 aromatic carbocycles. The van der Waals surface area contributed by atoms with Crippen molar-refractivity contribution in [1.82, 2.24) is 9.80 Å². The minimum absolute atomic E-state index is 0.472. The Hall–Kier alpha value is -0.410. The van der Waals surface area contributed by atoms with Crippen LogP contribution >= 0.6 is 0 Å². The van der Waals surface area contributed by atoms with E-state index in [1.165, 1.54) is 32.7 Å². The summed E-state index contributed by atoms with van der Waals surface area (Å²) in [5.41, 5.74) is 0. The van der Waals surface area contributed by atoms with Crippen LogP contribution in [0.1, 0.15) is 39.5 Å². The zero-order chi connectivity index (χ0) is 12.3. The Morgan fingerprint density at radius 2 is 1.71 bits per heavy atom. The van der Waals surface area contributed by atoms with Gasteiger partial charge in [0.15, 0.2) is 0 Å². The Morgan fingerprint density at radius 1 is 1.12 bits per heavy atom. The van der Waals surface area contributed by atoms with Crippen LogP contribution < -0.4 is 0 Å². The predicted octanol–water partition coefficient (Wildman–Crippen LogP) is 1.77. The molecule has 17 heavy (non-hydrogen) atoms. The molecule has 2 fully saturated rings. The van der Waals surface area contributed by atoms with E-state index in [0.717, 1.165) is 31.6 Å². The average molecular weight is 238 g/mol. The molecular formula is C14H26N2O. The molecule has 1 heterocycles. The summed E-state index contributed by atoms with van der Waals surface area (Å²) in [5.74, 6) is 1.24. The second-order valence-corrected chi connectivity index (χ2v) is 6.00. The Balaban J connectivity index is 1.73. The van der Waals surface area contributed by atoms with Crippen molar-refractivity contribution in [3.63, 3.8) is 0 Å². The van der Waals surface area contributed by atoms with E-state index in [9.17, 15) is 4.79 Å². The highest BCUT2D eigenvalue weighted by atomic mass is 16.1. The van der Waals surface area contributed by atoms with E-state index >= 15 is 0 Å². The van der Waals surface area contributed by atoms with Crippen LogP contribution in [0, 0.1) is 5.92 Å². The summed E-state index contributed by atoms with van der Waals surface area (Å²) in [5, 5.41) is 0. The van der Waals surface area contributed by atoms with Gasteiger partial charge in [0.1, 0.15) is 5.78 Å². The maximum Gasteiger partial charge on any atom is 0.133 e. The quantitative estimate of drug-likeness (QED) is 0.748. The number of piperazine rings is 1. The standard InChI is InChI=1S/C14H26N2O/c1-12(2)11-15-7-9-16(10-8-15)13-3-5-14(17)6-4-13/h12-13H,3-11H2,1-2H3. The number of ketones is 1. The third kappa shape index (κ3) is 3.78. The molecular weight excluding hydrogens is 212 g/mol. The Bertz CT molecular complexity index is 247. The Kier molecular flexibility index (Phi) is 4.57. The van der Waals surface area contributed by atoms with E-state index in [1.807, 2.05) is 0 Å². The van der Waals surface area contributed by atoms with Crippen molar-refractivity contribution in [2.45, 2.75) is 45.6 Å². The highest BCUT2D eigenvalue weighted by Crippen LogP contribution is 2.21. The molecule has 1 saturated heterocycles. The van der Waals surface area contributed by atoms with Gasteiger partial charge in [-0.2, -0.15) is 0 Å². The van der Waals surface area contributed by atoms with Gasteiger partial charge in [0, 0.05) is 51.6 Å².